The van der Waals surface area contributed by atoms with E-state index in [0.29, 0.717) is 11.4 Å². The maximum Gasteiger partial charge on any atom is 0.261 e. The van der Waals surface area contributed by atoms with E-state index in [-0.39, 0.29) is 4.90 Å². The van der Waals surface area contributed by atoms with Gasteiger partial charge in [0.15, 0.2) is 4.96 Å². The van der Waals surface area contributed by atoms with Crippen LogP contribution in [-0.2, 0) is 10.0 Å². The lowest BCUT2D eigenvalue weighted by Crippen LogP contribution is -2.12. The van der Waals surface area contributed by atoms with Crippen LogP contribution in [0.2, 0.25) is 0 Å². The van der Waals surface area contributed by atoms with E-state index < -0.39 is 10.0 Å². The largest absolute Gasteiger partial charge is 0.497 e. The highest BCUT2D eigenvalue weighted by molar-refractivity contribution is 7.92. The lowest BCUT2D eigenvalue weighted by Gasteiger charge is -2.09. The zero-order chi connectivity index (χ0) is 18.1. The average Bonchev–Trinajstić information content (AvgIpc) is 3.24. The van der Waals surface area contributed by atoms with Crippen molar-refractivity contribution in [1.29, 1.82) is 0 Å². The lowest BCUT2D eigenvalue weighted by atomic mass is 10.1. The van der Waals surface area contributed by atoms with E-state index in [1.807, 2.05) is 34.3 Å². The van der Waals surface area contributed by atoms with Crippen molar-refractivity contribution in [3.05, 3.63) is 66.3 Å². The van der Waals surface area contributed by atoms with Crippen molar-refractivity contribution in [2.75, 3.05) is 11.8 Å². The van der Waals surface area contributed by atoms with Crippen LogP contribution in [0.4, 0.5) is 5.69 Å². The Morgan fingerprint density at radius 2 is 1.81 bits per heavy atom. The molecule has 0 spiro atoms. The van der Waals surface area contributed by atoms with Crippen LogP contribution in [-0.4, -0.2) is 24.9 Å². The van der Waals surface area contributed by atoms with Crippen molar-refractivity contribution >= 4 is 32.0 Å². The minimum Gasteiger partial charge on any atom is -0.497 e. The molecule has 0 aliphatic carbocycles. The molecule has 8 heteroatoms. The van der Waals surface area contributed by atoms with E-state index in [4.69, 9.17) is 4.74 Å². The maximum atomic E-state index is 12.5. The van der Waals surface area contributed by atoms with Gasteiger partial charge in [0.05, 0.1) is 17.7 Å². The molecule has 2 aromatic heterocycles. The third-order valence-corrected chi connectivity index (χ3v) is 6.06. The van der Waals surface area contributed by atoms with Crippen molar-refractivity contribution in [3.63, 3.8) is 0 Å². The summed E-state index contributed by atoms with van der Waals surface area (Å²) in [4.78, 5) is 5.64. The first-order valence-electron chi connectivity index (χ1n) is 7.75. The summed E-state index contributed by atoms with van der Waals surface area (Å²) < 4.78 is 34.5. The van der Waals surface area contributed by atoms with Crippen molar-refractivity contribution in [2.24, 2.45) is 0 Å². The summed E-state index contributed by atoms with van der Waals surface area (Å²) in [7, 11) is -2.12. The number of imidazole rings is 1. The van der Waals surface area contributed by atoms with Gasteiger partial charge in [-0.05, 0) is 36.4 Å². The molecule has 4 aromatic rings. The van der Waals surface area contributed by atoms with E-state index in [9.17, 15) is 8.42 Å². The van der Waals surface area contributed by atoms with Gasteiger partial charge in [-0.25, -0.2) is 13.4 Å². The van der Waals surface area contributed by atoms with Gasteiger partial charge in [-0.2, -0.15) is 0 Å². The predicted octanol–water partition coefficient (Wildman–Crippen LogP) is 3.87. The third kappa shape index (κ3) is 3.16. The van der Waals surface area contributed by atoms with Gasteiger partial charge in [0.2, 0.25) is 0 Å². The molecule has 0 fully saturated rings. The number of aromatic nitrogens is 2. The summed E-state index contributed by atoms with van der Waals surface area (Å²) in [6.45, 7) is 0. The number of nitrogens with zero attached hydrogens (tertiary/aromatic N) is 2. The van der Waals surface area contributed by atoms with E-state index in [1.54, 1.807) is 35.6 Å². The van der Waals surface area contributed by atoms with Crippen LogP contribution >= 0.6 is 11.3 Å². The highest BCUT2D eigenvalue weighted by Gasteiger charge is 2.14. The Balaban J connectivity index is 1.55. The number of fused-ring (bicyclic) bond motifs is 1. The Bertz CT molecular complexity index is 1120. The molecule has 132 valence electrons. The molecule has 2 aromatic carbocycles. The molecule has 0 atom stereocenters. The quantitative estimate of drug-likeness (QED) is 0.566. The van der Waals surface area contributed by atoms with Crippen molar-refractivity contribution < 1.29 is 13.2 Å². The minimum absolute atomic E-state index is 0.178. The Hall–Kier alpha value is -2.84. The van der Waals surface area contributed by atoms with E-state index >= 15 is 0 Å². The molecule has 0 bridgehead atoms. The zero-order valence-electron chi connectivity index (χ0n) is 13.8. The molecule has 1 N–H and O–H groups in total. The first-order valence-corrected chi connectivity index (χ1v) is 10.1. The molecule has 0 saturated heterocycles. The Kier molecular flexibility index (Phi) is 4.14. The van der Waals surface area contributed by atoms with Crippen LogP contribution in [0.3, 0.4) is 0 Å². The fraction of sp³-hybridized carbons (Fsp3) is 0.0556. The van der Waals surface area contributed by atoms with Crippen LogP contribution < -0.4 is 9.46 Å². The van der Waals surface area contributed by atoms with E-state index in [0.717, 1.165) is 16.2 Å². The molecule has 0 unspecified atom stereocenters. The van der Waals surface area contributed by atoms with Crippen LogP contribution in [0.5, 0.6) is 5.75 Å². The predicted molar refractivity (Wildman–Crippen MR) is 102 cm³/mol. The second-order valence-electron chi connectivity index (χ2n) is 5.58. The van der Waals surface area contributed by atoms with Gasteiger partial charge in [-0.3, -0.25) is 9.12 Å². The Labute approximate surface area is 154 Å². The van der Waals surface area contributed by atoms with Crippen molar-refractivity contribution in [3.8, 4) is 17.0 Å². The third-order valence-electron chi connectivity index (χ3n) is 3.90. The number of ether oxygens (including phenoxy) is 1. The van der Waals surface area contributed by atoms with Crippen molar-refractivity contribution in [2.45, 2.75) is 4.90 Å². The van der Waals surface area contributed by atoms with Gasteiger partial charge >= 0.3 is 0 Å². The minimum atomic E-state index is -3.65. The fourth-order valence-electron chi connectivity index (χ4n) is 2.54. The number of benzene rings is 2. The molecule has 0 radical (unpaired) electrons. The number of sulfonamides is 1. The molecular weight excluding hydrogens is 370 g/mol. The first kappa shape index (κ1) is 16.6. The molecule has 4 rings (SSSR count). The second-order valence-corrected chi connectivity index (χ2v) is 8.13. The highest BCUT2D eigenvalue weighted by atomic mass is 32.2. The number of anilines is 1. The summed E-state index contributed by atoms with van der Waals surface area (Å²) >= 11 is 1.57. The average molecular weight is 385 g/mol. The number of hydrogen-bond acceptors (Lipinski definition) is 5. The Morgan fingerprint density at radius 3 is 2.46 bits per heavy atom. The fourth-order valence-corrected chi connectivity index (χ4v) is 4.30. The van der Waals surface area contributed by atoms with Crippen LogP contribution in [0.1, 0.15) is 0 Å². The number of nitrogens with one attached hydrogen (secondary N) is 1. The standard InChI is InChI=1S/C18H15N3O3S2/c1-24-15-6-8-16(9-7-15)26(22,23)20-14-4-2-13(3-5-14)17-12-21-10-11-25-18(21)19-17/h2-12,20H,1H3. The number of rotatable bonds is 5. The molecule has 26 heavy (non-hydrogen) atoms. The van der Waals surface area contributed by atoms with Crippen LogP contribution in [0.15, 0.2) is 71.2 Å². The first-order chi connectivity index (χ1) is 12.5. The monoisotopic (exact) mass is 385 g/mol. The Morgan fingerprint density at radius 1 is 1.08 bits per heavy atom. The van der Waals surface area contributed by atoms with Gasteiger partial charge in [-0.1, -0.05) is 12.1 Å². The lowest BCUT2D eigenvalue weighted by molar-refractivity contribution is 0.414. The van der Waals surface area contributed by atoms with Gasteiger partial charge < -0.3 is 4.74 Å². The normalized spacial score (nSPS) is 11.6. The SMILES string of the molecule is COc1ccc(S(=O)(=O)Nc2ccc(-c3cn4ccsc4n3)cc2)cc1. The molecule has 0 amide bonds. The molecule has 6 nitrogen and oxygen atoms in total. The second kappa shape index (κ2) is 6.47. The summed E-state index contributed by atoms with van der Waals surface area (Å²) in [5.74, 6) is 0.605. The number of hydrogen-bond donors (Lipinski definition) is 1. The smallest absolute Gasteiger partial charge is 0.261 e. The molecule has 0 aliphatic heterocycles. The van der Waals surface area contributed by atoms with Crippen molar-refractivity contribution in [1.82, 2.24) is 9.38 Å². The van der Waals surface area contributed by atoms with Crippen LogP contribution in [0, 0.1) is 0 Å². The summed E-state index contributed by atoms with van der Waals surface area (Å²) in [6.07, 6.45) is 3.90. The van der Waals surface area contributed by atoms with Gasteiger partial charge in [0.1, 0.15) is 5.75 Å². The number of thiazole rings is 1. The van der Waals surface area contributed by atoms with Gasteiger partial charge in [0, 0.05) is 29.0 Å². The summed E-state index contributed by atoms with van der Waals surface area (Å²) in [6, 6.07) is 13.4. The van der Waals surface area contributed by atoms with Gasteiger partial charge in [-0.15, -0.1) is 11.3 Å². The van der Waals surface area contributed by atoms with E-state index in [1.165, 1.54) is 19.2 Å². The zero-order valence-corrected chi connectivity index (χ0v) is 15.4. The molecular formula is C18H15N3O3S2. The summed E-state index contributed by atoms with van der Waals surface area (Å²) in [5, 5.41) is 1.98. The van der Waals surface area contributed by atoms with E-state index in [2.05, 4.69) is 9.71 Å². The summed E-state index contributed by atoms with van der Waals surface area (Å²) in [5.41, 5.74) is 2.26. The number of methoxy groups -OCH3 is 1. The topological polar surface area (TPSA) is 72.7 Å². The van der Waals surface area contributed by atoms with Gasteiger partial charge in [0.25, 0.3) is 10.0 Å². The molecule has 0 aliphatic rings. The molecule has 2 heterocycles. The van der Waals surface area contributed by atoms with Crippen LogP contribution in [0.25, 0.3) is 16.2 Å². The molecule has 0 saturated carbocycles. The maximum absolute atomic E-state index is 12.5. The highest BCUT2D eigenvalue weighted by Crippen LogP contribution is 2.24.